The predicted octanol–water partition coefficient (Wildman–Crippen LogP) is 0.968. The Balaban J connectivity index is 2.81. The normalized spacial score (nSPS) is 14.7. The molecule has 0 aliphatic rings. The Hall–Kier alpha value is -0.880. The molecule has 1 rings (SSSR count). The van der Waals surface area contributed by atoms with Crippen molar-refractivity contribution in [1.82, 2.24) is 15.1 Å². The van der Waals surface area contributed by atoms with Gasteiger partial charge in [-0.15, -0.1) is 0 Å². The molecule has 0 bridgehead atoms. The van der Waals surface area contributed by atoms with Crippen LogP contribution in [-0.4, -0.2) is 35.9 Å². The Morgan fingerprint density at radius 1 is 1.73 bits per heavy atom. The number of nitrogens with zero attached hydrogens (tertiary/aromatic N) is 2. The number of carbonyl (C=O) groups is 1. The van der Waals surface area contributed by atoms with Gasteiger partial charge in [0.2, 0.25) is 0 Å². The minimum Gasteiger partial charge on any atom is -0.468 e. The highest BCUT2D eigenvalue weighted by Crippen LogP contribution is 2.15. The number of methoxy groups -OCH3 is 1. The molecule has 15 heavy (non-hydrogen) atoms. The maximum absolute atomic E-state index is 11.4. The highest BCUT2D eigenvalue weighted by molar-refractivity contribution is 9.10. The van der Waals surface area contributed by atoms with Crippen LogP contribution in [0.25, 0.3) is 0 Å². The summed E-state index contributed by atoms with van der Waals surface area (Å²) in [6.45, 7) is 1.90. The van der Waals surface area contributed by atoms with Crippen LogP contribution in [0, 0.1) is 0 Å². The quantitative estimate of drug-likeness (QED) is 0.832. The van der Waals surface area contributed by atoms with Crippen molar-refractivity contribution in [3.63, 3.8) is 0 Å². The second kappa shape index (κ2) is 5.27. The van der Waals surface area contributed by atoms with Gasteiger partial charge in [0.25, 0.3) is 0 Å². The van der Waals surface area contributed by atoms with E-state index in [4.69, 9.17) is 4.74 Å². The molecule has 84 valence electrons. The van der Waals surface area contributed by atoms with Crippen molar-refractivity contribution < 1.29 is 9.53 Å². The number of halogens is 1. The second-order valence-electron chi connectivity index (χ2n) is 3.17. The lowest BCUT2D eigenvalue weighted by Gasteiger charge is -2.21. The molecule has 1 heterocycles. The standard InChI is InChI=1S/C9H14BrN3O2/c1-6(8(11-2)9(14)15-3)13-5-7(10)4-12-13/h4-6,8,11H,1-3H3. The molecule has 2 atom stereocenters. The fraction of sp³-hybridized carbons (Fsp3) is 0.556. The molecule has 0 fully saturated rings. The molecule has 0 aliphatic heterocycles. The van der Waals surface area contributed by atoms with Gasteiger partial charge in [-0.2, -0.15) is 5.10 Å². The van der Waals surface area contributed by atoms with E-state index in [0.29, 0.717) is 0 Å². The van der Waals surface area contributed by atoms with Crippen LogP contribution in [0.4, 0.5) is 0 Å². The molecule has 6 heteroatoms. The van der Waals surface area contributed by atoms with Gasteiger partial charge in [0.1, 0.15) is 6.04 Å². The van der Waals surface area contributed by atoms with Gasteiger partial charge in [-0.1, -0.05) is 0 Å². The van der Waals surface area contributed by atoms with Gasteiger partial charge in [0.05, 0.1) is 23.8 Å². The van der Waals surface area contributed by atoms with E-state index in [1.165, 1.54) is 7.11 Å². The van der Waals surface area contributed by atoms with Gasteiger partial charge in [-0.25, -0.2) is 0 Å². The minimum atomic E-state index is -0.401. The molecule has 2 unspecified atom stereocenters. The van der Waals surface area contributed by atoms with Gasteiger partial charge < -0.3 is 10.1 Å². The number of ether oxygens (including phenoxy) is 1. The molecule has 1 N–H and O–H groups in total. The molecular formula is C9H14BrN3O2. The number of hydrogen-bond acceptors (Lipinski definition) is 4. The summed E-state index contributed by atoms with van der Waals surface area (Å²) >= 11 is 3.31. The summed E-state index contributed by atoms with van der Waals surface area (Å²) in [5.41, 5.74) is 0. The van der Waals surface area contributed by atoms with E-state index in [2.05, 4.69) is 26.3 Å². The minimum absolute atomic E-state index is 0.103. The van der Waals surface area contributed by atoms with Crippen molar-refractivity contribution in [1.29, 1.82) is 0 Å². The van der Waals surface area contributed by atoms with E-state index < -0.39 is 6.04 Å². The molecule has 0 amide bonds. The Kier molecular flexibility index (Phi) is 4.28. The Bertz CT molecular complexity index is 340. The number of hydrogen-bond donors (Lipinski definition) is 1. The average molecular weight is 276 g/mol. The highest BCUT2D eigenvalue weighted by Gasteiger charge is 2.25. The molecule has 0 aliphatic carbocycles. The summed E-state index contributed by atoms with van der Waals surface area (Å²) in [6.07, 6.45) is 3.50. The SMILES string of the molecule is CNC(C(=O)OC)C(C)n1cc(Br)cn1. The van der Waals surface area contributed by atoms with Crippen molar-refractivity contribution in [3.8, 4) is 0 Å². The third kappa shape index (κ3) is 2.79. The van der Waals surface area contributed by atoms with Crippen molar-refractivity contribution in [2.24, 2.45) is 0 Å². The lowest BCUT2D eigenvalue weighted by Crippen LogP contribution is -2.41. The zero-order valence-corrected chi connectivity index (χ0v) is 10.5. The summed E-state index contributed by atoms with van der Waals surface area (Å²) < 4.78 is 7.29. The van der Waals surface area contributed by atoms with Crippen LogP contribution in [0.2, 0.25) is 0 Å². The van der Waals surface area contributed by atoms with Gasteiger partial charge in [-0.05, 0) is 29.9 Å². The van der Waals surface area contributed by atoms with Crippen LogP contribution in [0.15, 0.2) is 16.9 Å². The second-order valence-corrected chi connectivity index (χ2v) is 4.08. The van der Waals surface area contributed by atoms with E-state index in [9.17, 15) is 4.79 Å². The van der Waals surface area contributed by atoms with Crippen molar-refractivity contribution in [2.75, 3.05) is 14.2 Å². The van der Waals surface area contributed by atoms with Gasteiger partial charge in [-0.3, -0.25) is 9.48 Å². The van der Waals surface area contributed by atoms with E-state index >= 15 is 0 Å². The molecule has 0 saturated heterocycles. The average Bonchev–Trinajstić information content (AvgIpc) is 2.65. The Morgan fingerprint density at radius 2 is 2.40 bits per heavy atom. The number of carbonyl (C=O) groups excluding carboxylic acids is 1. The van der Waals surface area contributed by atoms with E-state index in [1.54, 1.807) is 17.9 Å². The first-order valence-corrected chi connectivity index (χ1v) is 5.34. The molecule has 1 aromatic heterocycles. The largest absolute Gasteiger partial charge is 0.468 e. The molecule has 1 aromatic rings. The van der Waals surface area contributed by atoms with Crippen LogP contribution in [0.1, 0.15) is 13.0 Å². The van der Waals surface area contributed by atoms with Gasteiger partial charge in [0.15, 0.2) is 0 Å². The van der Waals surface area contributed by atoms with Crippen LogP contribution in [-0.2, 0) is 9.53 Å². The lowest BCUT2D eigenvalue weighted by atomic mass is 10.1. The van der Waals surface area contributed by atoms with Crippen LogP contribution in [0.3, 0.4) is 0 Å². The zero-order valence-electron chi connectivity index (χ0n) is 8.90. The first-order valence-electron chi connectivity index (χ1n) is 4.55. The third-order valence-corrected chi connectivity index (χ3v) is 2.65. The topological polar surface area (TPSA) is 56.1 Å². The lowest BCUT2D eigenvalue weighted by molar-refractivity contribution is -0.144. The zero-order chi connectivity index (χ0) is 11.4. The van der Waals surface area contributed by atoms with Crippen molar-refractivity contribution in [2.45, 2.75) is 19.0 Å². The van der Waals surface area contributed by atoms with E-state index in [-0.39, 0.29) is 12.0 Å². The van der Waals surface area contributed by atoms with Gasteiger partial charge in [0, 0.05) is 6.20 Å². The Labute approximate surface area is 96.9 Å². The smallest absolute Gasteiger partial charge is 0.325 e. The fourth-order valence-electron chi connectivity index (χ4n) is 1.37. The molecule has 0 aromatic carbocycles. The Morgan fingerprint density at radius 3 is 2.80 bits per heavy atom. The summed E-state index contributed by atoms with van der Waals surface area (Å²) in [5.74, 6) is -0.295. The first kappa shape index (κ1) is 12.2. The summed E-state index contributed by atoms with van der Waals surface area (Å²) in [7, 11) is 3.09. The van der Waals surface area contributed by atoms with Crippen LogP contribution < -0.4 is 5.32 Å². The molecule has 0 spiro atoms. The molecule has 5 nitrogen and oxygen atoms in total. The number of nitrogens with one attached hydrogen (secondary N) is 1. The molecule has 0 saturated carbocycles. The monoisotopic (exact) mass is 275 g/mol. The number of esters is 1. The maximum Gasteiger partial charge on any atom is 0.325 e. The number of rotatable bonds is 4. The summed E-state index contributed by atoms with van der Waals surface area (Å²) in [4.78, 5) is 11.4. The van der Waals surface area contributed by atoms with Crippen LogP contribution >= 0.6 is 15.9 Å². The van der Waals surface area contributed by atoms with E-state index in [0.717, 1.165) is 4.47 Å². The van der Waals surface area contributed by atoms with Crippen LogP contribution in [0.5, 0.6) is 0 Å². The molecule has 0 radical (unpaired) electrons. The van der Waals surface area contributed by atoms with E-state index in [1.807, 2.05) is 13.1 Å². The highest BCUT2D eigenvalue weighted by atomic mass is 79.9. The van der Waals surface area contributed by atoms with Crippen molar-refractivity contribution >= 4 is 21.9 Å². The van der Waals surface area contributed by atoms with Crippen molar-refractivity contribution in [3.05, 3.63) is 16.9 Å². The summed E-state index contributed by atoms with van der Waals surface area (Å²) in [5, 5.41) is 7.03. The molecular weight excluding hydrogens is 262 g/mol. The third-order valence-electron chi connectivity index (χ3n) is 2.24. The fourth-order valence-corrected chi connectivity index (χ4v) is 1.67. The summed E-state index contributed by atoms with van der Waals surface area (Å²) in [6, 6.07) is -0.504. The first-order chi connectivity index (χ1) is 7.10. The number of likely N-dealkylation sites (N-methyl/N-ethyl adjacent to an activating group) is 1. The maximum atomic E-state index is 11.4. The van der Waals surface area contributed by atoms with Gasteiger partial charge >= 0.3 is 5.97 Å². The number of aromatic nitrogens is 2. The predicted molar refractivity (Wildman–Crippen MR) is 59.5 cm³/mol.